The first-order valence-corrected chi connectivity index (χ1v) is 9.96. The number of para-hydroxylation sites is 2. The Morgan fingerprint density at radius 1 is 1.07 bits per heavy atom. The number of benzene rings is 2. The van der Waals surface area contributed by atoms with E-state index in [9.17, 15) is 9.59 Å². The highest BCUT2D eigenvalue weighted by Gasteiger charge is 2.17. The Morgan fingerprint density at radius 3 is 2.52 bits per heavy atom. The van der Waals surface area contributed by atoms with Gasteiger partial charge in [-0.3, -0.25) is 9.59 Å². The number of carbonyl (C=O) groups excluding carboxylic acids is 2. The lowest BCUT2D eigenvalue weighted by Crippen LogP contribution is -2.33. The van der Waals surface area contributed by atoms with Crippen LogP contribution in [0.25, 0.3) is 11.0 Å². The number of rotatable bonds is 8. The van der Waals surface area contributed by atoms with Crippen molar-refractivity contribution in [3.05, 3.63) is 65.5 Å². The Bertz CT molecular complexity index is 992. The van der Waals surface area contributed by atoms with Crippen LogP contribution >= 0.6 is 0 Å². The zero-order chi connectivity index (χ0) is 20.8. The molecular weight excluding hydrogens is 364 g/mol. The summed E-state index contributed by atoms with van der Waals surface area (Å²) in [7, 11) is 0. The minimum absolute atomic E-state index is 0.0727. The molecule has 0 fully saturated rings. The van der Waals surface area contributed by atoms with Gasteiger partial charge in [0.15, 0.2) is 0 Å². The Balaban J connectivity index is 1.53. The number of hydrogen-bond acceptors (Lipinski definition) is 3. The number of hydrogen-bond donors (Lipinski definition) is 2. The lowest BCUT2D eigenvalue weighted by Gasteiger charge is -2.18. The molecule has 0 radical (unpaired) electrons. The normalized spacial score (nSPS) is 12.0. The van der Waals surface area contributed by atoms with Crippen LogP contribution in [0.3, 0.4) is 0 Å². The molecule has 0 saturated carbocycles. The van der Waals surface area contributed by atoms with Crippen LogP contribution in [0.1, 0.15) is 42.8 Å². The van der Waals surface area contributed by atoms with Gasteiger partial charge in [-0.2, -0.15) is 0 Å². The highest BCUT2D eigenvalue weighted by atomic mass is 16.2. The van der Waals surface area contributed by atoms with Crippen LogP contribution in [0.2, 0.25) is 0 Å². The van der Waals surface area contributed by atoms with Crippen molar-refractivity contribution >= 4 is 22.8 Å². The summed E-state index contributed by atoms with van der Waals surface area (Å²) in [5.74, 6) is 0.755. The average Bonchev–Trinajstić information content (AvgIpc) is 3.00. The first-order chi connectivity index (χ1) is 13.9. The molecule has 3 rings (SSSR count). The van der Waals surface area contributed by atoms with Gasteiger partial charge in [0.25, 0.3) is 0 Å². The molecule has 0 bridgehead atoms. The van der Waals surface area contributed by atoms with Crippen molar-refractivity contribution in [2.75, 3.05) is 6.54 Å². The molecule has 1 unspecified atom stereocenters. The third kappa shape index (κ3) is 5.44. The molecule has 1 atom stereocenters. The maximum absolute atomic E-state index is 12.4. The fraction of sp³-hybridized carbons (Fsp3) is 0.348. The average molecular weight is 393 g/mol. The number of imidazole rings is 1. The Morgan fingerprint density at radius 2 is 1.79 bits per heavy atom. The molecule has 2 aromatic carbocycles. The van der Waals surface area contributed by atoms with Gasteiger partial charge >= 0.3 is 0 Å². The lowest BCUT2D eigenvalue weighted by atomic mass is 10.0. The van der Waals surface area contributed by atoms with E-state index in [-0.39, 0.29) is 24.3 Å². The molecule has 6 heteroatoms. The van der Waals surface area contributed by atoms with Gasteiger partial charge in [0.1, 0.15) is 5.82 Å². The maximum Gasteiger partial charge on any atom is 0.222 e. The minimum atomic E-state index is -0.326. The van der Waals surface area contributed by atoms with E-state index in [0.29, 0.717) is 6.54 Å². The molecule has 1 heterocycles. The van der Waals surface area contributed by atoms with E-state index in [1.807, 2.05) is 56.3 Å². The van der Waals surface area contributed by atoms with Gasteiger partial charge < -0.3 is 15.2 Å². The summed E-state index contributed by atoms with van der Waals surface area (Å²) >= 11 is 0. The number of aromatic nitrogens is 2. The SMILES string of the molecule is CC(=O)NC(CC(=O)NCCCn1c(C)nc2ccccc21)c1ccc(C)cc1. The topological polar surface area (TPSA) is 76.0 Å². The van der Waals surface area contributed by atoms with Crippen molar-refractivity contribution in [2.45, 2.75) is 46.2 Å². The van der Waals surface area contributed by atoms with Crippen LogP contribution in [0.4, 0.5) is 0 Å². The van der Waals surface area contributed by atoms with Gasteiger partial charge in [-0.25, -0.2) is 4.98 Å². The largest absolute Gasteiger partial charge is 0.356 e. The number of amides is 2. The Kier molecular flexibility index (Phi) is 6.65. The lowest BCUT2D eigenvalue weighted by molar-refractivity contribution is -0.122. The predicted octanol–water partition coefficient (Wildman–Crippen LogP) is 3.43. The highest BCUT2D eigenvalue weighted by molar-refractivity contribution is 5.79. The number of aryl methyl sites for hydroxylation is 3. The second-order valence-electron chi connectivity index (χ2n) is 7.37. The van der Waals surface area contributed by atoms with Gasteiger partial charge in [-0.05, 0) is 38.0 Å². The van der Waals surface area contributed by atoms with Crippen molar-refractivity contribution < 1.29 is 9.59 Å². The smallest absolute Gasteiger partial charge is 0.222 e. The molecule has 3 aromatic rings. The Hall–Kier alpha value is -3.15. The molecule has 0 saturated heterocycles. The van der Waals surface area contributed by atoms with Crippen LogP contribution < -0.4 is 10.6 Å². The predicted molar refractivity (Wildman–Crippen MR) is 114 cm³/mol. The van der Waals surface area contributed by atoms with E-state index in [0.717, 1.165) is 41.0 Å². The standard InChI is InChI=1S/C23H28N4O2/c1-16-9-11-19(12-10-16)21(26-18(3)28)15-23(29)24-13-6-14-27-17(2)25-20-7-4-5-8-22(20)27/h4-5,7-12,21H,6,13-15H2,1-3H3,(H,24,29)(H,26,28). The number of carbonyl (C=O) groups is 2. The van der Waals surface area contributed by atoms with Crippen LogP contribution in [0.5, 0.6) is 0 Å². The summed E-state index contributed by atoms with van der Waals surface area (Å²) in [6.45, 7) is 6.84. The molecule has 0 aliphatic carbocycles. The van der Waals surface area contributed by atoms with Gasteiger partial charge in [-0.1, -0.05) is 42.0 Å². The fourth-order valence-corrected chi connectivity index (χ4v) is 3.50. The van der Waals surface area contributed by atoms with Crippen molar-refractivity contribution in [3.63, 3.8) is 0 Å². The molecule has 0 aliphatic heterocycles. The van der Waals surface area contributed by atoms with Gasteiger partial charge in [0.05, 0.1) is 23.5 Å². The second-order valence-corrected chi connectivity index (χ2v) is 7.37. The third-order valence-electron chi connectivity index (χ3n) is 4.97. The number of nitrogens with one attached hydrogen (secondary N) is 2. The summed E-state index contributed by atoms with van der Waals surface area (Å²) in [4.78, 5) is 28.6. The summed E-state index contributed by atoms with van der Waals surface area (Å²) in [5, 5.41) is 5.85. The molecule has 0 spiro atoms. The van der Waals surface area contributed by atoms with E-state index < -0.39 is 0 Å². The molecule has 6 nitrogen and oxygen atoms in total. The second kappa shape index (κ2) is 9.37. The van der Waals surface area contributed by atoms with Crippen LogP contribution in [-0.2, 0) is 16.1 Å². The van der Waals surface area contributed by atoms with Crippen molar-refractivity contribution in [3.8, 4) is 0 Å². The Labute approximate surface area is 171 Å². The van der Waals surface area contributed by atoms with Gasteiger partial charge in [0, 0.05) is 20.0 Å². The van der Waals surface area contributed by atoms with Crippen LogP contribution in [0, 0.1) is 13.8 Å². The molecule has 2 amide bonds. The zero-order valence-corrected chi connectivity index (χ0v) is 17.2. The monoisotopic (exact) mass is 392 g/mol. The van der Waals surface area contributed by atoms with E-state index >= 15 is 0 Å². The van der Waals surface area contributed by atoms with Crippen molar-refractivity contribution in [1.29, 1.82) is 0 Å². The van der Waals surface area contributed by atoms with E-state index in [1.165, 1.54) is 6.92 Å². The van der Waals surface area contributed by atoms with Gasteiger partial charge in [-0.15, -0.1) is 0 Å². The summed E-state index contributed by atoms with van der Waals surface area (Å²) in [6, 6.07) is 15.6. The van der Waals surface area contributed by atoms with Crippen LogP contribution in [0.15, 0.2) is 48.5 Å². The van der Waals surface area contributed by atoms with E-state index in [2.05, 4.69) is 26.3 Å². The number of fused-ring (bicyclic) bond motifs is 1. The zero-order valence-electron chi connectivity index (χ0n) is 17.2. The quantitative estimate of drug-likeness (QED) is 0.577. The van der Waals surface area contributed by atoms with Crippen LogP contribution in [-0.4, -0.2) is 27.9 Å². The summed E-state index contributed by atoms with van der Waals surface area (Å²) < 4.78 is 2.17. The molecule has 2 N–H and O–H groups in total. The van der Waals surface area contributed by atoms with Gasteiger partial charge in [0.2, 0.25) is 11.8 Å². The highest BCUT2D eigenvalue weighted by Crippen LogP contribution is 2.18. The summed E-state index contributed by atoms with van der Waals surface area (Å²) in [5.41, 5.74) is 4.18. The van der Waals surface area contributed by atoms with Crippen molar-refractivity contribution in [1.82, 2.24) is 20.2 Å². The van der Waals surface area contributed by atoms with E-state index in [1.54, 1.807) is 0 Å². The molecule has 0 aliphatic rings. The van der Waals surface area contributed by atoms with E-state index in [4.69, 9.17) is 0 Å². The molecule has 152 valence electrons. The maximum atomic E-state index is 12.4. The molecule has 29 heavy (non-hydrogen) atoms. The molecular formula is C23H28N4O2. The first kappa shape index (κ1) is 20.6. The first-order valence-electron chi connectivity index (χ1n) is 9.96. The van der Waals surface area contributed by atoms with Crippen molar-refractivity contribution in [2.24, 2.45) is 0 Å². The molecule has 1 aromatic heterocycles. The summed E-state index contributed by atoms with van der Waals surface area (Å²) in [6.07, 6.45) is 1.03. The fourth-order valence-electron chi connectivity index (χ4n) is 3.50. The minimum Gasteiger partial charge on any atom is -0.356 e. The third-order valence-corrected chi connectivity index (χ3v) is 4.97. The number of nitrogens with zero attached hydrogens (tertiary/aromatic N) is 2.